The van der Waals surface area contributed by atoms with Crippen LogP contribution in [0, 0.1) is 6.92 Å². The number of urea groups is 1. The molecule has 35 heavy (non-hydrogen) atoms. The molecule has 4 rings (SSSR count). The molecule has 0 spiro atoms. The first-order valence-electron chi connectivity index (χ1n) is 11.4. The van der Waals surface area contributed by atoms with Gasteiger partial charge in [0, 0.05) is 0 Å². The van der Waals surface area contributed by atoms with Crippen LogP contribution in [0.1, 0.15) is 30.0 Å². The number of aryl methyl sites for hydroxylation is 1. The summed E-state index contributed by atoms with van der Waals surface area (Å²) in [4.78, 5) is 38.9. The molecular formula is C28H26N2O5. The second-order valence-corrected chi connectivity index (χ2v) is 8.14. The Bertz CT molecular complexity index is 1250. The van der Waals surface area contributed by atoms with Gasteiger partial charge in [0.2, 0.25) is 0 Å². The summed E-state index contributed by atoms with van der Waals surface area (Å²) in [6.07, 6.45) is 2.32. The summed E-state index contributed by atoms with van der Waals surface area (Å²) >= 11 is 0. The van der Waals surface area contributed by atoms with Crippen molar-refractivity contribution in [2.75, 3.05) is 11.5 Å². The average molecular weight is 471 g/mol. The van der Waals surface area contributed by atoms with Gasteiger partial charge in [0.1, 0.15) is 23.7 Å². The molecule has 0 radical (unpaired) electrons. The van der Waals surface area contributed by atoms with Crippen molar-refractivity contribution in [3.05, 3.63) is 95.1 Å². The topological polar surface area (TPSA) is 84.9 Å². The van der Waals surface area contributed by atoms with E-state index in [2.05, 4.69) is 5.32 Å². The van der Waals surface area contributed by atoms with Gasteiger partial charge in [-0.3, -0.25) is 14.9 Å². The fourth-order valence-electron chi connectivity index (χ4n) is 3.48. The van der Waals surface area contributed by atoms with Crippen molar-refractivity contribution >= 4 is 29.6 Å². The highest BCUT2D eigenvalue weighted by Gasteiger charge is 2.36. The molecule has 0 saturated carbocycles. The van der Waals surface area contributed by atoms with Crippen LogP contribution in [-0.4, -0.2) is 24.5 Å². The van der Waals surface area contributed by atoms with Crippen molar-refractivity contribution < 1.29 is 23.9 Å². The number of carbonyl (C=O) groups excluding carboxylic acids is 3. The molecular weight excluding hydrogens is 444 g/mol. The molecule has 178 valence electrons. The van der Waals surface area contributed by atoms with Gasteiger partial charge in [-0.15, -0.1) is 0 Å². The second kappa shape index (κ2) is 10.7. The standard InChI is InChI=1S/C28H26N2O5/c1-3-16-34-23-14-10-22(11-15-23)30-27(32)25(26(31)29-28(30)33)17-20-8-12-24(13-9-20)35-18-21-6-4-19(2)5-7-21/h4-15,17H,3,16,18H2,1-2H3,(H,29,31,33)/b25-17-. The molecule has 0 unspecified atom stereocenters. The Morgan fingerprint density at radius 1 is 0.829 bits per heavy atom. The lowest BCUT2D eigenvalue weighted by Gasteiger charge is -2.26. The second-order valence-electron chi connectivity index (χ2n) is 8.14. The molecule has 1 saturated heterocycles. The van der Waals surface area contributed by atoms with E-state index in [1.807, 2.05) is 38.1 Å². The van der Waals surface area contributed by atoms with Crippen molar-refractivity contribution in [2.24, 2.45) is 0 Å². The van der Waals surface area contributed by atoms with Crippen LogP contribution < -0.4 is 19.7 Å². The van der Waals surface area contributed by atoms with Gasteiger partial charge in [-0.25, -0.2) is 9.69 Å². The first kappa shape index (κ1) is 23.8. The maximum absolute atomic E-state index is 13.1. The van der Waals surface area contributed by atoms with E-state index >= 15 is 0 Å². The Labute approximate surface area is 204 Å². The Hall–Kier alpha value is -4.39. The molecule has 7 heteroatoms. The third-order valence-corrected chi connectivity index (χ3v) is 5.39. The van der Waals surface area contributed by atoms with Crippen LogP contribution in [0.15, 0.2) is 78.4 Å². The molecule has 1 heterocycles. The number of nitrogens with one attached hydrogen (secondary N) is 1. The molecule has 4 amide bonds. The van der Waals surface area contributed by atoms with Gasteiger partial charge in [0.25, 0.3) is 11.8 Å². The normalized spacial score (nSPS) is 14.7. The number of benzene rings is 3. The number of amides is 4. The largest absolute Gasteiger partial charge is 0.494 e. The summed E-state index contributed by atoms with van der Waals surface area (Å²) in [6, 6.07) is 20.9. The summed E-state index contributed by atoms with van der Waals surface area (Å²) < 4.78 is 11.4. The van der Waals surface area contributed by atoms with E-state index in [1.165, 1.54) is 11.6 Å². The Kier molecular flexibility index (Phi) is 7.26. The van der Waals surface area contributed by atoms with Crippen molar-refractivity contribution in [1.29, 1.82) is 0 Å². The fourth-order valence-corrected chi connectivity index (χ4v) is 3.48. The summed E-state index contributed by atoms with van der Waals surface area (Å²) in [6.45, 7) is 5.03. The summed E-state index contributed by atoms with van der Waals surface area (Å²) in [5, 5.41) is 2.23. The summed E-state index contributed by atoms with van der Waals surface area (Å²) in [7, 11) is 0. The first-order valence-corrected chi connectivity index (χ1v) is 11.4. The average Bonchev–Trinajstić information content (AvgIpc) is 2.86. The minimum Gasteiger partial charge on any atom is -0.494 e. The highest BCUT2D eigenvalue weighted by molar-refractivity contribution is 6.39. The van der Waals surface area contributed by atoms with Crippen LogP contribution in [0.2, 0.25) is 0 Å². The van der Waals surface area contributed by atoms with Crippen LogP contribution in [0.4, 0.5) is 10.5 Å². The minimum atomic E-state index is -0.792. The molecule has 1 fully saturated rings. The van der Waals surface area contributed by atoms with Gasteiger partial charge in [0.15, 0.2) is 0 Å². The van der Waals surface area contributed by atoms with E-state index in [-0.39, 0.29) is 5.57 Å². The van der Waals surface area contributed by atoms with Crippen LogP contribution in [0.25, 0.3) is 6.08 Å². The van der Waals surface area contributed by atoms with Crippen LogP contribution >= 0.6 is 0 Å². The SMILES string of the molecule is CCCOc1ccc(N2C(=O)NC(=O)/C(=C/c3ccc(OCc4ccc(C)cc4)cc3)C2=O)cc1. The molecule has 1 aliphatic rings. The highest BCUT2D eigenvalue weighted by atomic mass is 16.5. The number of nitrogens with zero attached hydrogens (tertiary/aromatic N) is 1. The van der Waals surface area contributed by atoms with Gasteiger partial charge >= 0.3 is 6.03 Å². The van der Waals surface area contributed by atoms with Crippen molar-refractivity contribution in [3.8, 4) is 11.5 Å². The molecule has 1 aliphatic heterocycles. The third kappa shape index (κ3) is 5.76. The summed E-state index contributed by atoms with van der Waals surface area (Å²) in [5.74, 6) is -0.133. The molecule has 0 atom stereocenters. The van der Waals surface area contributed by atoms with E-state index in [1.54, 1.807) is 48.5 Å². The summed E-state index contributed by atoms with van der Waals surface area (Å²) in [5.41, 5.74) is 3.08. The number of hydrogen-bond donors (Lipinski definition) is 1. The zero-order valence-corrected chi connectivity index (χ0v) is 19.6. The van der Waals surface area contributed by atoms with Gasteiger partial charge in [-0.05, 0) is 66.9 Å². The fraction of sp³-hybridized carbons (Fsp3) is 0.179. The number of rotatable bonds is 8. The van der Waals surface area contributed by atoms with Crippen LogP contribution in [0.5, 0.6) is 11.5 Å². The van der Waals surface area contributed by atoms with Crippen molar-refractivity contribution in [3.63, 3.8) is 0 Å². The molecule has 0 aromatic heterocycles. The van der Waals surface area contributed by atoms with Crippen molar-refractivity contribution in [2.45, 2.75) is 26.9 Å². The predicted octanol–water partition coefficient (Wildman–Crippen LogP) is 5.03. The van der Waals surface area contributed by atoms with E-state index in [0.29, 0.717) is 36.0 Å². The number of hydrogen-bond acceptors (Lipinski definition) is 5. The molecule has 0 aliphatic carbocycles. The van der Waals surface area contributed by atoms with Gasteiger partial charge < -0.3 is 9.47 Å². The first-order chi connectivity index (χ1) is 16.9. The minimum absolute atomic E-state index is 0.135. The van der Waals surface area contributed by atoms with Gasteiger partial charge in [-0.2, -0.15) is 0 Å². The monoisotopic (exact) mass is 470 g/mol. The number of ether oxygens (including phenoxy) is 2. The van der Waals surface area contributed by atoms with Crippen LogP contribution in [-0.2, 0) is 16.2 Å². The maximum atomic E-state index is 13.1. The number of carbonyl (C=O) groups is 3. The Morgan fingerprint density at radius 3 is 2.11 bits per heavy atom. The Balaban J connectivity index is 1.47. The van der Waals surface area contributed by atoms with Crippen LogP contribution in [0.3, 0.4) is 0 Å². The smallest absolute Gasteiger partial charge is 0.335 e. The Morgan fingerprint density at radius 2 is 1.46 bits per heavy atom. The zero-order chi connectivity index (χ0) is 24.8. The quantitative estimate of drug-likeness (QED) is 0.369. The number of barbiturate groups is 1. The molecule has 1 N–H and O–H groups in total. The third-order valence-electron chi connectivity index (χ3n) is 5.39. The molecule has 3 aromatic carbocycles. The van der Waals surface area contributed by atoms with E-state index in [0.717, 1.165) is 16.9 Å². The lowest BCUT2D eigenvalue weighted by atomic mass is 10.1. The van der Waals surface area contributed by atoms with E-state index in [9.17, 15) is 14.4 Å². The lowest BCUT2D eigenvalue weighted by Crippen LogP contribution is -2.54. The number of imide groups is 2. The molecule has 7 nitrogen and oxygen atoms in total. The van der Waals surface area contributed by atoms with Gasteiger partial charge in [-0.1, -0.05) is 48.9 Å². The molecule has 3 aromatic rings. The highest BCUT2D eigenvalue weighted by Crippen LogP contribution is 2.25. The lowest BCUT2D eigenvalue weighted by molar-refractivity contribution is -0.122. The maximum Gasteiger partial charge on any atom is 0.335 e. The predicted molar refractivity (Wildman–Crippen MR) is 133 cm³/mol. The zero-order valence-electron chi connectivity index (χ0n) is 19.6. The van der Waals surface area contributed by atoms with Crippen molar-refractivity contribution in [1.82, 2.24) is 5.32 Å². The molecule has 0 bridgehead atoms. The van der Waals surface area contributed by atoms with E-state index < -0.39 is 17.8 Å². The number of anilines is 1. The van der Waals surface area contributed by atoms with Gasteiger partial charge in [0.05, 0.1) is 12.3 Å². The van der Waals surface area contributed by atoms with E-state index in [4.69, 9.17) is 9.47 Å².